The standard InChI is InChI=1S/C15H13N3OS/c19-15-13-5-6-16-18(13)8-7-17(15)9-11-10-20-14-4-2-1-3-12(11)14/h1-8,11H,9-10H2. The Labute approximate surface area is 120 Å². The van der Waals surface area contributed by atoms with Gasteiger partial charge >= 0.3 is 0 Å². The van der Waals surface area contributed by atoms with Gasteiger partial charge in [0, 0.05) is 35.5 Å². The van der Waals surface area contributed by atoms with Crippen molar-refractivity contribution in [1.82, 2.24) is 14.2 Å². The highest BCUT2D eigenvalue weighted by molar-refractivity contribution is 7.99. The molecule has 1 aromatic carbocycles. The first-order chi connectivity index (χ1) is 9.83. The van der Waals surface area contributed by atoms with E-state index >= 15 is 0 Å². The molecule has 0 fully saturated rings. The molecular weight excluding hydrogens is 270 g/mol. The van der Waals surface area contributed by atoms with Gasteiger partial charge in [-0.15, -0.1) is 11.8 Å². The van der Waals surface area contributed by atoms with E-state index in [0.717, 1.165) is 12.3 Å². The molecule has 1 unspecified atom stereocenters. The summed E-state index contributed by atoms with van der Waals surface area (Å²) in [6.07, 6.45) is 5.32. The van der Waals surface area contributed by atoms with Crippen molar-refractivity contribution in [3.63, 3.8) is 0 Å². The normalized spacial score (nSPS) is 17.5. The van der Waals surface area contributed by atoms with E-state index in [4.69, 9.17) is 0 Å². The van der Waals surface area contributed by atoms with Crippen LogP contribution in [0.3, 0.4) is 0 Å². The Morgan fingerprint density at radius 3 is 3.10 bits per heavy atom. The molecule has 1 atom stereocenters. The van der Waals surface area contributed by atoms with Crippen molar-refractivity contribution in [2.75, 3.05) is 5.75 Å². The molecule has 0 saturated carbocycles. The van der Waals surface area contributed by atoms with Crippen molar-refractivity contribution in [1.29, 1.82) is 0 Å². The third kappa shape index (κ3) is 1.78. The molecule has 3 aromatic rings. The second-order valence-corrected chi connectivity index (χ2v) is 6.02. The minimum atomic E-state index is 0.0272. The van der Waals surface area contributed by atoms with E-state index in [2.05, 4.69) is 29.4 Å². The van der Waals surface area contributed by atoms with Gasteiger partial charge in [-0.2, -0.15) is 5.10 Å². The highest BCUT2D eigenvalue weighted by Gasteiger charge is 2.23. The average molecular weight is 283 g/mol. The molecule has 0 bridgehead atoms. The topological polar surface area (TPSA) is 39.3 Å². The van der Waals surface area contributed by atoms with E-state index in [1.165, 1.54) is 10.5 Å². The number of hydrogen-bond acceptors (Lipinski definition) is 3. The summed E-state index contributed by atoms with van der Waals surface area (Å²) in [6, 6.07) is 10.2. The molecule has 0 aliphatic carbocycles. The number of fused-ring (bicyclic) bond motifs is 2. The lowest BCUT2D eigenvalue weighted by molar-refractivity contribution is 0.585. The van der Waals surface area contributed by atoms with Gasteiger partial charge in [-0.1, -0.05) is 18.2 Å². The number of hydrogen-bond donors (Lipinski definition) is 0. The van der Waals surface area contributed by atoms with Gasteiger partial charge in [-0.25, -0.2) is 4.52 Å². The third-order valence-corrected chi connectivity index (χ3v) is 5.01. The smallest absolute Gasteiger partial charge is 0.276 e. The monoisotopic (exact) mass is 283 g/mol. The van der Waals surface area contributed by atoms with Gasteiger partial charge in [0.25, 0.3) is 5.56 Å². The van der Waals surface area contributed by atoms with Crippen molar-refractivity contribution >= 4 is 17.3 Å². The summed E-state index contributed by atoms with van der Waals surface area (Å²) in [7, 11) is 0. The number of benzene rings is 1. The van der Waals surface area contributed by atoms with E-state index in [9.17, 15) is 4.79 Å². The van der Waals surface area contributed by atoms with Crippen LogP contribution in [0.4, 0.5) is 0 Å². The summed E-state index contributed by atoms with van der Waals surface area (Å²) in [5, 5.41) is 4.09. The minimum absolute atomic E-state index is 0.0272. The zero-order valence-corrected chi connectivity index (χ0v) is 11.6. The summed E-state index contributed by atoms with van der Waals surface area (Å²) in [5.41, 5.74) is 2.02. The lowest BCUT2D eigenvalue weighted by Gasteiger charge is -2.13. The van der Waals surface area contributed by atoms with Gasteiger partial charge in [0.2, 0.25) is 0 Å². The van der Waals surface area contributed by atoms with Gasteiger partial charge < -0.3 is 4.57 Å². The Bertz CT molecular complexity index is 836. The Kier molecular flexibility index (Phi) is 2.67. The molecule has 0 N–H and O–H groups in total. The zero-order chi connectivity index (χ0) is 13.5. The molecule has 2 aromatic heterocycles. The van der Waals surface area contributed by atoms with E-state index < -0.39 is 0 Å². The van der Waals surface area contributed by atoms with Gasteiger partial charge in [0.05, 0.1) is 6.20 Å². The number of nitrogens with zero attached hydrogens (tertiary/aromatic N) is 3. The van der Waals surface area contributed by atoms with Crippen LogP contribution in [-0.2, 0) is 6.54 Å². The van der Waals surface area contributed by atoms with Crippen molar-refractivity contribution < 1.29 is 0 Å². The minimum Gasteiger partial charge on any atom is -0.311 e. The molecule has 4 nitrogen and oxygen atoms in total. The third-order valence-electron chi connectivity index (χ3n) is 3.75. The molecule has 1 aliphatic heterocycles. The van der Waals surface area contributed by atoms with Crippen LogP contribution in [-0.4, -0.2) is 19.9 Å². The number of rotatable bonds is 2. The van der Waals surface area contributed by atoms with E-state index in [1.807, 2.05) is 24.2 Å². The van der Waals surface area contributed by atoms with Crippen molar-refractivity contribution in [3.05, 3.63) is 64.8 Å². The van der Waals surface area contributed by atoms with Crippen LogP contribution >= 0.6 is 11.8 Å². The van der Waals surface area contributed by atoms with Crippen molar-refractivity contribution in [3.8, 4) is 0 Å². The van der Waals surface area contributed by atoms with Crippen LogP contribution < -0.4 is 5.56 Å². The maximum absolute atomic E-state index is 12.4. The molecule has 3 heterocycles. The molecular formula is C15H13N3OS. The maximum atomic E-state index is 12.4. The first kappa shape index (κ1) is 11.8. The maximum Gasteiger partial charge on any atom is 0.276 e. The van der Waals surface area contributed by atoms with E-state index in [-0.39, 0.29) is 5.56 Å². The van der Waals surface area contributed by atoms with Gasteiger partial charge in [0.15, 0.2) is 0 Å². The summed E-state index contributed by atoms with van der Waals surface area (Å²) in [4.78, 5) is 13.7. The van der Waals surface area contributed by atoms with Crippen LogP contribution in [0.2, 0.25) is 0 Å². The van der Waals surface area contributed by atoms with Gasteiger partial charge in [-0.05, 0) is 17.7 Å². The van der Waals surface area contributed by atoms with Crippen molar-refractivity contribution in [2.45, 2.75) is 17.4 Å². The molecule has 4 rings (SSSR count). The number of aromatic nitrogens is 3. The molecule has 20 heavy (non-hydrogen) atoms. The molecule has 0 spiro atoms. The van der Waals surface area contributed by atoms with Crippen LogP contribution in [0, 0.1) is 0 Å². The Morgan fingerprint density at radius 2 is 2.15 bits per heavy atom. The lowest BCUT2D eigenvalue weighted by atomic mass is 10.0. The average Bonchev–Trinajstić information content (AvgIpc) is 3.10. The molecule has 100 valence electrons. The first-order valence-corrected chi connectivity index (χ1v) is 7.56. The lowest BCUT2D eigenvalue weighted by Crippen LogP contribution is -2.24. The molecule has 0 saturated heterocycles. The highest BCUT2D eigenvalue weighted by atomic mass is 32.2. The zero-order valence-electron chi connectivity index (χ0n) is 10.8. The summed E-state index contributed by atoms with van der Waals surface area (Å²) in [5.74, 6) is 1.44. The van der Waals surface area contributed by atoms with Crippen LogP contribution in [0.15, 0.2) is 58.6 Å². The predicted octanol–water partition coefficient (Wildman–Crippen LogP) is 2.39. The molecule has 0 radical (unpaired) electrons. The van der Waals surface area contributed by atoms with Crippen molar-refractivity contribution in [2.24, 2.45) is 0 Å². The van der Waals surface area contributed by atoms with E-state index in [1.54, 1.807) is 21.3 Å². The molecule has 0 amide bonds. The Balaban J connectivity index is 1.72. The fourth-order valence-corrected chi connectivity index (χ4v) is 3.96. The largest absolute Gasteiger partial charge is 0.311 e. The second-order valence-electron chi connectivity index (χ2n) is 4.96. The van der Waals surface area contributed by atoms with Gasteiger partial charge in [0.1, 0.15) is 5.52 Å². The van der Waals surface area contributed by atoms with Crippen LogP contribution in [0.5, 0.6) is 0 Å². The second kappa shape index (κ2) is 4.52. The summed E-state index contributed by atoms with van der Waals surface area (Å²) >= 11 is 1.87. The van der Waals surface area contributed by atoms with E-state index in [0.29, 0.717) is 11.4 Å². The fraction of sp³-hybridized carbons (Fsp3) is 0.200. The van der Waals surface area contributed by atoms with Gasteiger partial charge in [-0.3, -0.25) is 4.79 Å². The molecule has 1 aliphatic rings. The van der Waals surface area contributed by atoms with Crippen LogP contribution in [0.1, 0.15) is 11.5 Å². The molecule has 5 heteroatoms. The van der Waals surface area contributed by atoms with Crippen LogP contribution in [0.25, 0.3) is 5.52 Å². The quantitative estimate of drug-likeness (QED) is 0.725. The highest BCUT2D eigenvalue weighted by Crippen LogP contribution is 2.39. The summed E-state index contributed by atoms with van der Waals surface area (Å²) in [6.45, 7) is 0.727. The number of thioether (sulfide) groups is 1. The first-order valence-electron chi connectivity index (χ1n) is 6.57. The Hall–Kier alpha value is -2.01. The Morgan fingerprint density at radius 1 is 1.25 bits per heavy atom. The SMILES string of the molecule is O=c1c2ccnn2ccn1CC1CSc2ccccc21. The predicted molar refractivity (Wildman–Crippen MR) is 79.4 cm³/mol. The fourth-order valence-electron chi connectivity index (χ4n) is 2.72. The summed E-state index contributed by atoms with van der Waals surface area (Å²) < 4.78 is 3.42.